The first-order valence-electron chi connectivity index (χ1n) is 12.4. The molecule has 0 saturated heterocycles. The molecule has 2 unspecified atom stereocenters. The summed E-state index contributed by atoms with van der Waals surface area (Å²) in [6, 6.07) is 15.3. The van der Waals surface area contributed by atoms with Gasteiger partial charge in [-0.3, -0.25) is 14.6 Å². The summed E-state index contributed by atoms with van der Waals surface area (Å²) in [4.78, 5) is 28.0. The van der Waals surface area contributed by atoms with E-state index in [2.05, 4.69) is 61.4 Å². The Morgan fingerprint density at radius 1 is 1.06 bits per heavy atom. The van der Waals surface area contributed by atoms with Gasteiger partial charge in [-0.2, -0.15) is 5.10 Å². The summed E-state index contributed by atoms with van der Waals surface area (Å²) < 4.78 is 1.98. The number of benzene rings is 1. The zero-order chi connectivity index (χ0) is 26.3. The van der Waals surface area contributed by atoms with E-state index in [1.807, 2.05) is 22.9 Å². The van der Waals surface area contributed by atoms with Crippen molar-refractivity contribution >= 4 is 11.8 Å². The number of aromatic nitrogens is 3. The number of pyridine rings is 1. The maximum Gasteiger partial charge on any atom is 0.242 e. The standard InChI is InChI=1S/C28H37N5O3/c1-19(34)26(27(29)36)31-25(35)12-7-5-6-10-22-18-24(23-11-8-9-17-30-23)32-33(22)21-15-13-20(14-16-21)28(2,3)4/h8-9,11,13-19,26,34H,5-7,10,12H2,1-4H3,(H2,29,36)(H,31,35). The summed E-state index contributed by atoms with van der Waals surface area (Å²) >= 11 is 0. The van der Waals surface area contributed by atoms with Crippen molar-refractivity contribution in [3.8, 4) is 17.1 Å². The molecule has 0 aliphatic heterocycles. The second kappa shape index (κ2) is 11.9. The van der Waals surface area contributed by atoms with E-state index in [1.54, 1.807) is 6.20 Å². The van der Waals surface area contributed by atoms with E-state index < -0.39 is 18.1 Å². The van der Waals surface area contributed by atoms with Crippen LogP contribution < -0.4 is 11.1 Å². The highest BCUT2D eigenvalue weighted by Gasteiger charge is 2.22. The van der Waals surface area contributed by atoms with Crippen molar-refractivity contribution in [2.75, 3.05) is 0 Å². The number of aliphatic hydroxyl groups excluding tert-OH is 1. The maximum absolute atomic E-state index is 12.1. The molecular weight excluding hydrogens is 454 g/mol. The number of hydrogen-bond donors (Lipinski definition) is 3. The lowest BCUT2D eigenvalue weighted by Gasteiger charge is -2.19. The van der Waals surface area contributed by atoms with Crippen LogP contribution in [-0.2, 0) is 21.4 Å². The van der Waals surface area contributed by atoms with Gasteiger partial charge in [-0.1, -0.05) is 45.4 Å². The average molecular weight is 492 g/mol. The smallest absolute Gasteiger partial charge is 0.242 e. The van der Waals surface area contributed by atoms with Crippen molar-refractivity contribution in [1.29, 1.82) is 0 Å². The largest absolute Gasteiger partial charge is 0.391 e. The van der Waals surface area contributed by atoms with Crippen LogP contribution in [0.3, 0.4) is 0 Å². The van der Waals surface area contributed by atoms with Crippen LogP contribution in [0.25, 0.3) is 17.1 Å². The average Bonchev–Trinajstić information content (AvgIpc) is 3.26. The third kappa shape index (κ3) is 7.24. The number of unbranched alkanes of at least 4 members (excludes halogenated alkanes) is 2. The normalized spacial score (nSPS) is 13.2. The molecule has 0 bridgehead atoms. The third-order valence-corrected chi connectivity index (χ3v) is 6.13. The Labute approximate surface area is 212 Å². The number of carbonyl (C=O) groups is 2. The van der Waals surface area contributed by atoms with E-state index in [9.17, 15) is 14.7 Å². The van der Waals surface area contributed by atoms with Crippen molar-refractivity contribution in [3.05, 3.63) is 66.0 Å². The fourth-order valence-electron chi connectivity index (χ4n) is 4.01. The van der Waals surface area contributed by atoms with Gasteiger partial charge >= 0.3 is 0 Å². The second-order valence-electron chi connectivity index (χ2n) is 10.2. The zero-order valence-electron chi connectivity index (χ0n) is 21.6. The fourth-order valence-corrected chi connectivity index (χ4v) is 4.01. The number of aliphatic hydroxyl groups is 1. The minimum atomic E-state index is -1.07. The molecule has 0 aliphatic rings. The number of carbonyl (C=O) groups excluding carboxylic acids is 2. The number of amides is 2. The Balaban J connectivity index is 1.66. The van der Waals surface area contributed by atoms with E-state index in [0.717, 1.165) is 42.0 Å². The molecule has 0 fully saturated rings. The molecule has 4 N–H and O–H groups in total. The number of nitrogens with zero attached hydrogens (tertiary/aromatic N) is 3. The second-order valence-corrected chi connectivity index (χ2v) is 10.2. The molecule has 0 aliphatic carbocycles. The van der Waals surface area contributed by atoms with Crippen LogP contribution in [0, 0.1) is 0 Å². The quantitative estimate of drug-likeness (QED) is 0.353. The Morgan fingerprint density at radius 3 is 2.36 bits per heavy atom. The van der Waals surface area contributed by atoms with E-state index in [1.165, 1.54) is 12.5 Å². The number of nitrogens with one attached hydrogen (secondary N) is 1. The Kier molecular flexibility index (Phi) is 8.98. The fraction of sp³-hybridized carbons (Fsp3) is 0.429. The molecule has 2 aromatic heterocycles. The Morgan fingerprint density at radius 2 is 1.78 bits per heavy atom. The van der Waals surface area contributed by atoms with Crippen LogP contribution >= 0.6 is 0 Å². The molecule has 0 spiro atoms. The first-order valence-corrected chi connectivity index (χ1v) is 12.4. The molecular formula is C28H37N5O3. The first kappa shape index (κ1) is 27.1. The number of nitrogens with two attached hydrogens (primary N) is 1. The summed E-state index contributed by atoms with van der Waals surface area (Å²) in [5, 5.41) is 17.0. The van der Waals surface area contributed by atoms with Gasteiger partial charge in [0.25, 0.3) is 0 Å². The van der Waals surface area contributed by atoms with Crippen LogP contribution in [0.1, 0.15) is 64.6 Å². The van der Waals surface area contributed by atoms with Crippen molar-refractivity contribution in [1.82, 2.24) is 20.1 Å². The van der Waals surface area contributed by atoms with Crippen molar-refractivity contribution < 1.29 is 14.7 Å². The number of hydrogen-bond acceptors (Lipinski definition) is 5. The maximum atomic E-state index is 12.1. The third-order valence-electron chi connectivity index (χ3n) is 6.13. The highest BCUT2D eigenvalue weighted by molar-refractivity contribution is 5.87. The molecule has 36 heavy (non-hydrogen) atoms. The predicted octanol–water partition coefficient (Wildman–Crippen LogP) is 3.69. The number of aryl methyl sites for hydroxylation is 1. The van der Waals surface area contributed by atoms with Gasteiger partial charge in [0, 0.05) is 18.3 Å². The van der Waals surface area contributed by atoms with Gasteiger partial charge in [-0.15, -0.1) is 0 Å². The summed E-state index contributed by atoms with van der Waals surface area (Å²) in [5.74, 6) is -1.04. The topological polar surface area (TPSA) is 123 Å². The minimum absolute atomic E-state index is 0.0730. The first-order chi connectivity index (χ1) is 17.1. The van der Waals surface area contributed by atoms with E-state index in [4.69, 9.17) is 10.8 Å². The molecule has 3 rings (SSSR count). The van der Waals surface area contributed by atoms with Crippen LogP contribution in [-0.4, -0.2) is 43.8 Å². The van der Waals surface area contributed by atoms with Gasteiger partial charge in [0.2, 0.25) is 11.8 Å². The predicted molar refractivity (Wildman–Crippen MR) is 140 cm³/mol. The van der Waals surface area contributed by atoms with Gasteiger partial charge in [0.1, 0.15) is 11.7 Å². The number of rotatable bonds is 11. The molecule has 1 aromatic carbocycles. The monoisotopic (exact) mass is 491 g/mol. The summed E-state index contributed by atoms with van der Waals surface area (Å²) in [6.45, 7) is 8.01. The summed E-state index contributed by atoms with van der Waals surface area (Å²) in [7, 11) is 0. The van der Waals surface area contributed by atoms with Gasteiger partial charge < -0.3 is 16.2 Å². The van der Waals surface area contributed by atoms with Gasteiger partial charge in [-0.05, 0) is 67.5 Å². The highest BCUT2D eigenvalue weighted by atomic mass is 16.3. The van der Waals surface area contributed by atoms with E-state index in [0.29, 0.717) is 6.42 Å². The highest BCUT2D eigenvalue weighted by Crippen LogP contribution is 2.25. The molecule has 2 amide bonds. The lowest BCUT2D eigenvalue weighted by atomic mass is 9.87. The van der Waals surface area contributed by atoms with Gasteiger partial charge in [0.05, 0.1) is 17.5 Å². The summed E-state index contributed by atoms with van der Waals surface area (Å²) in [5.41, 5.74) is 10.3. The zero-order valence-corrected chi connectivity index (χ0v) is 21.6. The van der Waals surface area contributed by atoms with E-state index in [-0.39, 0.29) is 17.7 Å². The van der Waals surface area contributed by atoms with E-state index >= 15 is 0 Å². The SMILES string of the molecule is CC(O)C(NC(=O)CCCCCc1cc(-c2ccccn2)nn1-c1ccc(C(C)(C)C)cc1)C(N)=O. The molecule has 8 nitrogen and oxygen atoms in total. The summed E-state index contributed by atoms with van der Waals surface area (Å²) in [6.07, 6.45) is 4.16. The molecule has 192 valence electrons. The molecule has 0 saturated carbocycles. The van der Waals surface area contributed by atoms with Crippen molar-refractivity contribution in [3.63, 3.8) is 0 Å². The molecule has 0 radical (unpaired) electrons. The van der Waals surface area contributed by atoms with Gasteiger partial charge in [-0.25, -0.2) is 4.68 Å². The van der Waals surface area contributed by atoms with Crippen LogP contribution in [0.4, 0.5) is 0 Å². The lowest BCUT2D eigenvalue weighted by Crippen LogP contribution is -2.50. The van der Waals surface area contributed by atoms with Crippen LogP contribution in [0.2, 0.25) is 0 Å². The Bertz CT molecular complexity index is 1150. The van der Waals surface area contributed by atoms with Crippen molar-refractivity contribution in [2.45, 2.75) is 77.4 Å². The van der Waals surface area contributed by atoms with Crippen LogP contribution in [0.5, 0.6) is 0 Å². The van der Waals surface area contributed by atoms with Crippen molar-refractivity contribution in [2.24, 2.45) is 5.73 Å². The molecule has 8 heteroatoms. The Hall–Kier alpha value is -3.52. The number of primary amides is 1. The minimum Gasteiger partial charge on any atom is -0.391 e. The molecule has 2 heterocycles. The lowest BCUT2D eigenvalue weighted by molar-refractivity contribution is -0.129. The molecule has 2 atom stereocenters. The molecule has 3 aromatic rings. The van der Waals surface area contributed by atoms with Gasteiger partial charge in [0.15, 0.2) is 0 Å². The van der Waals surface area contributed by atoms with Crippen LogP contribution in [0.15, 0.2) is 54.7 Å².